The van der Waals surface area contributed by atoms with E-state index in [9.17, 15) is 0 Å². The third kappa shape index (κ3) is 1.88. The molecule has 2 heterocycles. The highest BCUT2D eigenvalue weighted by Crippen LogP contribution is 2.37. The van der Waals surface area contributed by atoms with Crippen LogP contribution in [-0.4, -0.2) is 28.8 Å². The molecule has 1 aliphatic heterocycles. The van der Waals surface area contributed by atoms with Crippen molar-refractivity contribution < 1.29 is 4.74 Å². The minimum atomic E-state index is 0.0866. The number of ether oxygens (including phenoxy) is 1. The number of nitrogens with zero attached hydrogens (tertiary/aromatic N) is 2. The van der Waals surface area contributed by atoms with Crippen molar-refractivity contribution >= 4 is 0 Å². The summed E-state index contributed by atoms with van der Waals surface area (Å²) >= 11 is 0. The number of methoxy groups -OCH3 is 1. The van der Waals surface area contributed by atoms with Gasteiger partial charge in [-0.1, -0.05) is 6.92 Å². The highest BCUT2D eigenvalue weighted by atomic mass is 16.5. The van der Waals surface area contributed by atoms with Gasteiger partial charge >= 0.3 is 0 Å². The van der Waals surface area contributed by atoms with E-state index < -0.39 is 0 Å². The fourth-order valence-electron chi connectivity index (χ4n) is 3.17. The van der Waals surface area contributed by atoms with Gasteiger partial charge in [0.25, 0.3) is 0 Å². The lowest BCUT2D eigenvalue weighted by Gasteiger charge is -2.41. The monoisotopic (exact) mass is 249 g/mol. The molecule has 0 bridgehead atoms. The average molecular weight is 249 g/mol. The van der Waals surface area contributed by atoms with E-state index in [0.717, 1.165) is 32.5 Å². The number of hydrogen-bond donors (Lipinski definition) is 1. The smallest absolute Gasteiger partial charge is 0.109 e. The molecule has 0 spiro atoms. The Hall–Kier alpha value is -0.870. The Morgan fingerprint density at radius 1 is 1.44 bits per heavy atom. The van der Waals surface area contributed by atoms with Crippen molar-refractivity contribution in [3.8, 4) is 0 Å². The average Bonchev–Trinajstić information content (AvgIpc) is 2.71. The summed E-state index contributed by atoms with van der Waals surface area (Å²) in [5, 5.41) is 3.40. The van der Waals surface area contributed by atoms with E-state index in [1.807, 2.05) is 7.11 Å². The number of aromatic nitrogens is 2. The molecule has 1 fully saturated rings. The van der Waals surface area contributed by atoms with Crippen LogP contribution >= 0.6 is 0 Å². The van der Waals surface area contributed by atoms with Crippen LogP contribution in [0.3, 0.4) is 0 Å². The first kappa shape index (κ1) is 12.2. The van der Waals surface area contributed by atoms with Crippen molar-refractivity contribution in [1.29, 1.82) is 0 Å². The molecule has 1 N–H and O–H groups in total. The largest absolute Gasteiger partial charge is 0.376 e. The summed E-state index contributed by atoms with van der Waals surface area (Å²) in [6, 6.07) is 0. The molecule has 0 saturated heterocycles. The van der Waals surface area contributed by atoms with Gasteiger partial charge in [0, 0.05) is 38.7 Å². The summed E-state index contributed by atoms with van der Waals surface area (Å²) in [6.07, 6.45) is 5.79. The van der Waals surface area contributed by atoms with E-state index in [1.54, 1.807) is 0 Å². The maximum absolute atomic E-state index is 5.77. The van der Waals surface area contributed by atoms with Crippen LogP contribution in [0.2, 0.25) is 0 Å². The molecular formula is C14H23N3O. The Bertz CT molecular complexity index is 429. The van der Waals surface area contributed by atoms with E-state index in [4.69, 9.17) is 9.72 Å². The molecule has 0 unspecified atom stereocenters. The van der Waals surface area contributed by atoms with Crippen molar-refractivity contribution in [2.24, 2.45) is 0 Å². The molecular weight excluding hydrogens is 226 g/mol. The summed E-state index contributed by atoms with van der Waals surface area (Å²) < 4.78 is 8.22. The maximum Gasteiger partial charge on any atom is 0.109 e. The molecule has 2 aliphatic rings. The number of aryl methyl sites for hydroxylation is 1. The fraction of sp³-hybridized carbons (Fsp3) is 0.786. The molecule has 1 aliphatic carbocycles. The summed E-state index contributed by atoms with van der Waals surface area (Å²) in [5.74, 6) is 1.23. The van der Waals surface area contributed by atoms with Gasteiger partial charge < -0.3 is 14.6 Å². The molecule has 1 aromatic rings. The molecule has 100 valence electrons. The predicted octanol–water partition coefficient (Wildman–Crippen LogP) is 1.66. The molecule has 18 heavy (non-hydrogen) atoms. The first-order valence-electron chi connectivity index (χ1n) is 7.11. The number of fused-ring (bicyclic) bond motifs is 1. The lowest BCUT2D eigenvalue weighted by molar-refractivity contribution is -0.0843. The fourth-order valence-corrected chi connectivity index (χ4v) is 3.17. The number of hydrogen-bond acceptors (Lipinski definition) is 3. The van der Waals surface area contributed by atoms with E-state index in [2.05, 4.69) is 16.8 Å². The van der Waals surface area contributed by atoms with Crippen molar-refractivity contribution in [1.82, 2.24) is 14.9 Å². The van der Waals surface area contributed by atoms with Gasteiger partial charge in [-0.05, 0) is 19.3 Å². The summed E-state index contributed by atoms with van der Waals surface area (Å²) in [7, 11) is 1.86. The van der Waals surface area contributed by atoms with Crippen molar-refractivity contribution in [3.63, 3.8) is 0 Å². The lowest BCUT2D eigenvalue weighted by atomic mass is 9.79. The molecule has 3 rings (SSSR count). The van der Waals surface area contributed by atoms with Crippen LogP contribution in [0, 0.1) is 0 Å². The Balaban J connectivity index is 1.92. The molecule has 0 atom stereocenters. The minimum absolute atomic E-state index is 0.0866. The van der Waals surface area contributed by atoms with Crippen LogP contribution in [0.25, 0.3) is 0 Å². The topological polar surface area (TPSA) is 39.1 Å². The van der Waals surface area contributed by atoms with Gasteiger partial charge in [0.1, 0.15) is 5.82 Å². The minimum Gasteiger partial charge on any atom is -0.376 e. The van der Waals surface area contributed by atoms with Gasteiger partial charge in [-0.15, -0.1) is 0 Å². The van der Waals surface area contributed by atoms with Crippen molar-refractivity contribution in [2.45, 2.75) is 57.7 Å². The number of imidazole rings is 1. The molecule has 0 amide bonds. The van der Waals surface area contributed by atoms with Crippen LogP contribution < -0.4 is 5.32 Å². The van der Waals surface area contributed by atoms with Crippen LogP contribution in [0.1, 0.15) is 43.4 Å². The first-order valence-corrected chi connectivity index (χ1v) is 7.11. The molecule has 1 aromatic heterocycles. The van der Waals surface area contributed by atoms with Crippen LogP contribution in [0.4, 0.5) is 0 Å². The van der Waals surface area contributed by atoms with Crippen LogP contribution in [-0.2, 0) is 30.7 Å². The van der Waals surface area contributed by atoms with Crippen molar-refractivity contribution in [3.05, 3.63) is 17.2 Å². The Morgan fingerprint density at radius 2 is 2.28 bits per heavy atom. The summed E-state index contributed by atoms with van der Waals surface area (Å²) in [5.41, 5.74) is 2.78. The van der Waals surface area contributed by atoms with E-state index in [1.165, 1.54) is 36.5 Å². The molecule has 0 radical (unpaired) electrons. The van der Waals surface area contributed by atoms with Gasteiger partial charge in [0.15, 0.2) is 0 Å². The number of nitrogens with one attached hydrogen (secondary N) is 1. The number of rotatable bonds is 4. The standard InChI is InChI=1S/C14H23N3O/c1-3-13-16-11-9-15-8-5-12(11)17(13)10-14(18-2)6-4-7-14/h15H,3-10H2,1-2H3. The molecule has 1 saturated carbocycles. The third-order valence-electron chi connectivity index (χ3n) is 4.53. The predicted molar refractivity (Wildman–Crippen MR) is 70.6 cm³/mol. The third-order valence-corrected chi connectivity index (χ3v) is 4.53. The quantitative estimate of drug-likeness (QED) is 0.882. The Labute approximate surface area is 109 Å². The zero-order valence-corrected chi connectivity index (χ0v) is 11.5. The molecule has 4 heteroatoms. The van der Waals surface area contributed by atoms with Gasteiger partial charge in [-0.2, -0.15) is 0 Å². The zero-order chi connectivity index (χ0) is 12.6. The molecule has 0 aromatic carbocycles. The van der Waals surface area contributed by atoms with E-state index in [0.29, 0.717) is 0 Å². The highest BCUT2D eigenvalue weighted by molar-refractivity contribution is 5.21. The van der Waals surface area contributed by atoms with Gasteiger partial charge in [-0.25, -0.2) is 4.98 Å². The van der Waals surface area contributed by atoms with E-state index >= 15 is 0 Å². The van der Waals surface area contributed by atoms with Gasteiger partial charge in [0.2, 0.25) is 0 Å². The first-order chi connectivity index (χ1) is 8.78. The Kier molecular flexibility index (Phi) is 3.16. The Morgan fingerprint density at radius 3 is 2.89 bits per heavy atom. The normalized spacial score (nSPS) is 21.4. The van der Waals surface area contributed by atoms with Gasteiger partial charge in [-0.3, -0.25) is 0 Å². The second-order valence-electron chi connectivity index (χ2n) is 5.53. The van der Waals surface area contributed by atoms with E-state index in [-0.39, 0.29) is 5.60 Å². The second kappa shape index (κ2) is 4.67. The summed E-state index contributed by atoms with van der Waals surface area (Å²) in [6.45, 7) is 5.18. The molecule has 4 nitrogen and oxygen atoms in total. The second-order valence-corrected chi connectivity index (χ2v) is 5.53. The van der Waals surface area contributed by atoms with Crippen LogP contribution in [0.15, 0.2) is 0 Å². The van der Waals surface area contributed by atoms with Gasteiger partial charge in [0.05, 0.1) is 17.8 Å². The van der Waals surface area contributed by atoms with Crippen LogP contribution in [0.5, 0.6) is 0 Å². The highest BCUT2D eigenvalue weighted by Gasteiger charge is 2.38. The van der Waals surface area contributed by atoms with Crippen molar-refractivity contribution in [2.75, 3.05) is 13.7 Å². The lowest BCUT2D eigenvalue weighted by Crippen LogP contribution is -2.44. The summed E-state index contributed by atoms with van der Waals surface area (Å²) in [4.78, 5) is 4.79. The SMILES string of the molecule is CCc1nc2c(n1CC1(OC)CCC1)CCNC2. The maximum atomic E-state index is 5.77. The zero-order valence-electron chi connectivity index (χ0n) is 11.5.